The Bertz CT molecular complexity index is 274. The lowest BCUT2D eigenvalue weighted by molar-refractivity contribution is -0.144. The lowest BCUT2D eigenvalue weighted by atomic mass is 10.2. The van der Waals surface area contributed by atoms with Crippen molar-refractivity contribution in [3.63, 3.8) is 0 Å². The molecule has 0 rings (SSSR count). The van der Waals surface area contributed by atoms with Gasteiger partial charge in [-0.2, -0.15) is 0 Å². The van der Waals surface area contributed by atoms with Crippen LogP contribution in [-0.2, 0) is 9.53 Å². The molecule has 0 fully saturated rings. The van der Waals surface area contributed by atoms with E-state index in [-0.39, 0.29) is 0 Å². The fourth-order valence-electron chi connectivity index (χ4n) is 0.942. The number of rotatable bonds is 7. The molecule has 0 aromatic heterocycles. The molecule has 0 spiro atoms. The standard InChI is InChI=1S/C9H18BrN3O2Si/c1-16(2,3)7-6-15-9(14)8(4-5-10)12-13-11/h8H,4-7H2,1-3H3. The fraction of sp³-hybridized carbons (Fsp3) is 0.889. The number of carbonyl (C=O) groups is 1. The number of halogens is 1. The Morgan fingerprint density at radius 2 is 2.19 bits per heavy atom. The number of carbonyl (C=O) groups excluding carboxylic acids is 1. The molecule has 5 nitrogen and oxygen atoms in total. The smallest absolute Gasteiger partial charge is 0.314 e. The highest BCUT2D eigenvalue weighted by molar-refractivity contribution is 9.09. The molecular weight excluding hydrogens is 290 g/mol. The first-order chi connectivity index (χ1) is 7.40. The van der Waals surface area contributed by atoms with Crippen LogP contribution in [0.4, 0.5) is 0 Å². The van der Waals surface area contributed by atoms with Gasteiger partial charge < -0.3 is 4.74 Å². The molecule has 0 N–H and O–H groups in total. The van der Waals surface area contributed by atoms with E-state index >= 15 is 0 Å². The monoisotopic (exact) mass is 307 g/mol. The normalized spacial score (nSPS) is 12.8. The Kier molecular flexibility index (Phi) is 7.45. The molecule has 0 aliphatic heterocycles. The van der Waals surface area contributed by atoms with E-state index in [0.717, 1.165) is 6.04 Å². The lowest BCUT2D eigenvalue weighted by Gasteiger charge is -2.16. The van der Waals surface area contributed by atoms with Crippen molar-refractivity contribution in [2.24, 2.45) is 5.11 Å². The fourth-order valence-corrected chi connectivity index (χ4v) is 2.09. The Hall–Kier alpha value is -0.523. The van der Waals surface area contributed by atoms with E-state index in [0.29, 0.717) is 18.4 Å². The molecule has 0 heterocycles. The zero-order valence-electron chi connectivity index (χ0n) is 9.94. The summed E-state index contributed by atoms with van der Waals surface area (Å²) in [5.41, 5.74) is 8.31. The Morgan fingerprint density at radius 1 is 1.56 bits per heavy atom. The van der Waals surface area contributed by atoms with Crippen LogP contribution in [0, 0.1) is 0 Å². The van der Waals surface area contributed by atoms with E-state index in [2.05, 4.69) is 45.6 Å². The Balaban J connectivity index is 4.06. The molecule has 7 heteroatoms. The summed E-state index contributed by atoms with van der Waals surface area (Å²) in [6, 6.07) is 0.224. The van der Waals surface area contributed by atoms with Crippen LogP contribution >= 0.6 is 15.9 Å². The van der Waals surface area contributed by atoms with Crippen LogP contribution in [0.15, 0.2) is 5.11 Å². The van der Waals surface area contributed by atoms with Gasteiger partial charge in [-0.3, -0.25) is 4.79 Å². The van der Waals surface area contributed by atoms with Gasteiger partial charge in [0.05, 0.1) is 6.61 Å². The first-order valence-corrected chi connectivity index (χ1v) is 10.0. The maximum absolute atomic E-state index is 11.5. The number of hydrogen-bond donors (Lipinski definition) is 0. The van der Waals surface area contributed by atoms with Crippen LogP contribution in [0.5, 0.6) is 0 Å². The molecule has 0 aromatic carbocycles. The predicted molar refractivity (Wildman–Crippen MR) is 70.5 cm³/mol. The van der Waals surface area contributed by atoms with E-state index in [1.165, 1.54) is 0 Å². The van der Waals surface area contributed by atoms with Crippen molar-refractivity contribution in [3.8, 4) is 0 Å². The van der Waals surface area contributed by atoms with E-state index in [4.69, 9.17) is 10.3 Å². The third kappa shape index (κ3) is 7.73. The lowest BCUT2D eigenvalue weighted by Crippen LogP contribution is -2.26. The molecule has 0 aromatic rings. The van der Waals surface area contributed by atoms with Crippen molar-refractivity contribution >= 4 is 30.0 Å². The molecule has 0 bridgehead atoms. The molecule has 92 valence electrons. The van der Waals surface area contributed by atoms with Gasteiger partial charge in [0, 0.05) is 18.3 Å². The number of ether oxygens (including phenoxy) is 1. The van der Waals surface area contributed by atoms with Crippen molar-refractivity contribution in [2.75, 3.05) is 11.9 Å². The van der Waals surface area contributed by atoms with Crippen LogP contribution in [0.1, 0.15) is 6.42 Å². The first kappa shape index (κ1) is 15.5. The second kappa shape index (κ2) is 7.70. The van der Waals surface area contributed by atoms with Crippen LogP contribution < -0.4 is 0 Å². The summed E-state index contributed by atoms with van der Waals surface area (Å²) in [7, 11) is -1.19. The van der Waals surface area contributed by atoms with Crippen LogP contribution in [-0.4, -0.2) is 32.0 Å². The van der Waals surface area contributed by atoms with E-state index in [9.17, 15) is 4.79 Å². The molecule has 16 heavy (non-hydrogen) atoms. The average molecular weight is 308 g/mol. The minimum atomic E-state index is -1.19. The number of alkyl halides is 1. The predicted octanol–water partition coefficient (Wildman–Crippen LogP) is 3.33. The largest absolute Gasteiger partial charge is 0.466 e. The molecule has 1 atom stereocenters. The summed E-state index contributed by atoms with van der Waals surface area (Å²) in [4.78, 5) is 14.2. The summed E-state index contributed by atoms with van der Waals surface area (Å²) in [5, 5.41) is 4.03. The summed E-state index contributed by atoms with van der Waals surface area (Å²) in [6.45, 7) is 7.06. The van der Waals surface area contributed by atoms with Gasteiger partial charge in [0.25, 0.3) is 0 Å². The molecule has 0 saturated heterocycles. The van der Waals surface area contributed by atoms with Gasteiger partial charge in [0.15, 0.2) is 0 Å². The van der Waals surface area contributed by atoms with Crippen molar-refractivity contribution < 1.29 is 9.53 Å². The maximum Gasteiger partial charge on any atom is 0.314 e. The molecule has 0 aliphatic carbocycles. The Labute approximate surface area is 105 Å². The highest BCUT2D eigenvalue weighted by Gasteiger charge is 2.19. The third-order valence-corrected chi connectivity index (χ3v) is 4.10. The minimum Gasteiger partial charge on any atom is -0.466 e. The first-order valence-electron chi connectivity index (χ1n) is 5.17. The highest BCUT2D eigenvalue weighted by atomic mass is 79.9. The topological polar surface area (TPSA) is 75.1 Å². The average Bonchev–Trinajstić information content (AvgIpc) is 2.15. The summed E-state index contributed by atoms with van der Waals surface area (Å²) >= 11 is 3.20. The van der Waals surface area contributed by atoms with Crippen molar-refractivity contribution in [1.82, 2.24) is 0 Å². The number of nitrogens with zero attached hydrogens (tertiary/aromatic N) is 3. The minimum absolute atomic E-state index is 0.421. The zero-order valence-corrected chi connectivity index (χ0v) is 12.5. The van der Waals surface area contributed by atoms with E-state index < -0.39 is 20.1 Å². The summed E-state index contributed by atoms with van der Waals surface area (Å²) in [5.74, 6) is -0.421. The van der Waals surface area contributed by atoms with Crippen LogP contribution in [0.2, 0.25) is 25.7 Å². The quantitative estimate of drug-likeness (QED) is 0.181. The number of esters is 1. The maximum atomic E-state index is 11.5. The van der Waals surface area contributed by atoms with Crippen LogP contribution in [0.3, 0.4) is 0 Å². The molecule has 0 aliphatic rings. The summed E-state index contributed by atoms with van der Waals surface area (Å²) in [6.07, 6.45) is 0.468. The van der Waals surface area contributed by atoms with Gasteiger partial charge in [-0.1, -0.05) is 40.7 Å². The highest BCUT2D eigenvalue weighted by Crippen LogP contribution is 2.10. The summed E-state index contributed by atoms with van der Waals surface area (Å²) < 4.78 is 5.10. The van der Waals surface area contributed by atoms with Gasteiger partial charge in [0.2, 0.25) is 0 Å². The molecule has 0 amide bonds. The SMILES string of the molecule is C[Si](C)(C)CCOC(=O)C(CCBr)N=[N+]=[N-]. The molecule has 0 radical (unpaired) electrons. The van der Waals surface area contributed by atoms with E-state index in [1.807, 2.05) is 0 Å². The molecule has 1 unspecified atom stereocenters. The molecule has 0 saturated carbocycles. The molecular formula is C9H18BrN3O2Si. The third-order valence-electron chi connectivity index (χ3n) is 1.94. The van der Waals surface area contributed by atoms with Gasteiger partial charge >= 0.3 is 5.97 Å². The zero-order chi connectivity index (χ0) is 12.6. The van der Waals surface area contributed by atoms with Crippen molar-refractivity contribution in [1.29, 1.82) is 0 Å². The second-order valence-corrected chi connectivity index (χ2v) is 11.1. The van der Waals surface area contributed by atoms with Gasteiger partial charge in [-0.15, -0.1) is 0 Å². The van der Waals surface area contributed by atoms with Crippen molar-refractivity contribution in [3.05, 3.63) is 10.4 Å². The van der Waals surface area contributed by atoms with Gasteiger partial charge in [-0.05, 0) is 18.0 Å². The second-order valence-electron chi connectivity index (χ2n) is 4.68. The number of hydrogen-bond acceptors (Lipinski definition) is 3. The van der Waals surface area contributed by atoms with Crippen molar-refractivity contribution in [2.45, 2.75) is 38.1 Å². The van der Waals surface area contributed by atoms with Gasteiger partial charge in [-0.25, -0.2) is 0 Å². The van der Waals surface area contributed by atoms with Crippen LogP contribution in [0.25, 0.3) is 10.4 Å². The van der Waals surface area contributed by atoms with Gasteiger partial charge in [0.1, 0.15) is 6.04 Å². The Morgan fingerprint density at radius 3 is 2.62 bits per heavy atom. The number of azide groups is 1. The van der Waals surface area contributed by atoms with E-state index in [1.54, 1.807) is 0 Å².